The van der Waals surface area contributed by atoms with Gasteiger partial charge in [-0.3, -0.25) is 14.3 Å². The number of carbonyl (C=O) groups is 1. The molecule has 2 aromatic heterocycles. The first-order valence-corrected chi connectivity index (χ1v) is 11.9. The van der Waals surface area contributed by atoms with Crippen LogP contribution >= 0.6 is 0 Å². The minimum atomic E-state index is -0.499. The molecule has 2 aliphatic rings. The lowest BCUT2D eigenvalue weighted by molar-refractivity contribution is 0.0357. The molecule has 12 heteroatoms. The Balaban J connectivity index is 1.43. The topological polar surface area (TPSA) is 125 Å². The van der Waals surface area contributed by atoms with Gasteiger partial charge in [0.2, 0.25) is 5.62 Å². The zero-order chi connectivity index (χ0) is 24.9. The van der Waals surface area contributed by atoms with Gasteiger partial charge in [-0.2, -0.15) is 4.99 Å². The lowest BCUT2D eigenvalue weighted by Gasteiger charge is -2.26. The summed E-state index contributed by atoms with van der Waals surface area (Å²) < 4.78 is 24.0. The number of morpholine rings is 1. The summed E-state index contributed by atoms with van der Waals surface area (Å²) in [5.41, 5.74) is 1.08. The number of aromatic nitrogens is 4. The van der Waals surface area contributed by atoms with Crippen molar-refractivity contribution in [3.8, 4) is 17.5 Å². The lowest BCUT2D eigenvalue weighted by Crippen LogP contribution is -2.37. The molecular weight excluding hydrogens is 466 g/mol. The Morgan fingerprint density at radius 3 is 2.69 bits per heavy atom. The Morgan fingerprint density at radius 2 is 1.94 bits per heavy atom. The summed E-state index contributed by atoms with van der Waals surface area (Å²) in [5.74, 6) is 1.44. The van der Waals surface area contributed by atoms with Crippen LogP contribution < -0.4 is 25.1 Å². The number of rotatable bonds is 8. The fraction of sp³-hybridized carbons (Fsp3) is 0.458. The van der Waals surface area contributed by atoms with Gasteiger partial charge in [0.15, 0.2) is 11.5 Å². The summed E-state index contributed by atoms with van der Waals surface area (Å²) in [6, 6.07) is 4.03. The van der Waals surface area contributed by atoms with E-state index in [1.54, 1.807) is 7.11 Å². The molecule has 0 atom stereocenters. The Morgan fingerprint density at radius 1 is 1.14 bits per heavy atom. The summed E-state index contributed by atoms with van der Waals surface area (Å²) in [6.45, 7) is 6.29. The fourth-order valence-electron chi connectivity index (χ4n) is 4.33. The van der Waals surface area contributed by atoms with Crippen molar-refractivity contribution in [1.29, 1.82) is 0 Å². The van der Waals surface area contributed by atoms with Gasteiger partial charge in [0.25, 0.3) is 5.91 Å². The first kappa shape index (κ1) is 23.9. The number of carbonyl (C=O) groups excluding carboxylic acids is 1. The van der Waals surface area contributed by atoms with Crippen LogP contribution in [0.2, 0.25) is 0 Å². The molecule has 0 aliphatic carbocycles. The van der Waals surface area contributed by atoms with Crippen LogP contribution in [-0.4, -0.2) is 90.5 Å². The van der Waals surface area contributed by atoms with Crippen molar-refractivity contribution in [2.45, 2.75) is 13.0 Å². The molecule has 1 saturated heterocycles. The smallest absolute Gasteiger partial charge is 0.316 e. The van der Waals surface area contributed by atoms with Crippen LogP contribution in [0.1, 0.15) is 16.8 Å². The van der Waals surface area contributed by atoms with E-state index < -0.39 is 5.91 Å². The Labute approximate surface area is 207 Å². The van der Waals surface area contributed by atoms with E-state index in [4.69, 9.17) is 23.9 Å². The first-order chi connectivity index (χ1) is 17.7. The molecule has 0 saturated carbocycles. The fourth-order valence-corrected chi connectivity index (χ4v) is 4.33. The van der Waals surface area contributed by atoms with Gasteiger partial charge >= 0.3 is 6.01 Å². The second-order valence-electron chi connectivity index (χ2n) is 8.36. The molecule has 0 spiro atoms. The maximum absolute atomic E-state index is 12.8. The van der Waals surface area contributed by atoms with Gasteiger partial charge in [-0.05, 0) is 18.6 Å². The molecule has 4 heterocycles. The van der Waals surface area contributed by atoms with Crippen molar-refractivity contribution in [1.82, 2.24) is 24.4 Å². The van der Waals surface area contributed by atoms with Crippen LogP contribution in [0.5, 0.6) is 17.5 Å². The minimum Gasteiger partial charge on any atom is -0.491 e. The first-order valence-electron chi connectivity index (χ1n) is 11.9. The molecule has 190 valence electrons. The molecule has 36 heavy (non-hydrogen) atoms. The van der Waals surface area contributed by atoms with Crippen molar-refractivity contribution < 1.29 is 23.7 Å². The number of methoxy groups -OCH3 is 2. The normalized spacial score (nSPS) is 16.0. The monoisotopic (exact) mass is 495 g/mol. The standard InChI is InChI=1S/C24H29N7O5/c1-33-20-18(36-11-3-7-30-9-12-35-13-10-30)5-4-17-19(20)28-23(31-8-6-25-21(17)31)29-22(32)16-14-26-24(34-2)27-15-16/h4-5,14-15,25H,3,6-13H2,1-2H3. The van der Waals surface area contributed by atoms with E-state index in [0.29, 0.717) is 36.7 Å². The van der Waals surface area contributed by atoms with Gasteiger partial charge in [0.1, 0.15) is 11.3 Å². The van der Waals surface area contributed by atoms with Crippen LogP contribution in [0, 0.1) is 0 Å². The van der Waals surface area contributed by atoms with E-state index in [2.05, 4.69) is 25.2 Å². The van der Waals surface area contributed by atoms with E-state index >= 15 is 0 Å². The van der Waals surface area contributed by atoms with Gasteiger partial charge in [0, 0.05) is 50.5 Å². The number of amides is 1. The number of hydrogen-bond donors (Lipinski definition) is 1. The van der Waals surface area contributed by atoms with Gasteiger partial charge in [-0.25, -0.2) is 15.0 Å². The number of fused-ring (bicyclic) bond motifs is 3. The van der Waals surface area contributed by atoms with E-state index in [0.717, 1.165) is 50.5 Å². The van der Waals surface area contributed by atoms with Crippen LogP contribution in [0.15, 0.2) is 29.5 Å². The third kappa shape index (κ3) is 4.95. The Bertz CT molecular complexity index is 1300. The van der Waals surface area contributed by atoms with Crippen LogP contribution in [0.4, 0.5) is 5.82 Å². The Hall–Kier alpha value is -3.77. The summed E-state index contributed by atoms with van der Waals surface area (Å²) in [7, 11) is 3.05. The molecular formula is C24H29N7O5. The van der Waals surface area contributed by atoms with Crippen LogP contribution in [-0.2, 0) is 11.3 Å². The van der Waals surface area contributed by atoms with E-state index in [1.165, 1.54) is 19.5 Å². The van der Waals surface area contributed by atoms with Crippen molar-refractivity contribution in [2.75, 3.05) is 65.5 Å². The zero-order valence-electron chi connectivity index (χ0n) is 20.4. The lowest BCUT2D eigenvalue weighted by atomic mass is 10.2. The number of nitrogens with zero attached hydrogens (tertiary/aromatic N) is 6. The highest BCUT2D eigenvalue weighted by Crippen LogP contribution is 2.37. The predicted molar refractivity (Wildman–Crippen MR) is 131 cm³/mol. The largest absolute Gasteiger partial charge is 0.491 e. The number of nitrogens with one attached hydrogen (secondary N) is 1. The van der Waals surface area contributed by atoms with Gasteiger partial charge in [-0.1, -0.05) is 0 Å². The average Bonchev–Trinajstić information content (AvgIpc) is 3.42. The van der Waals surface area contributed by atoms with Crippen molar-refractivity contribution in [3.05, 3.63) is 35.7 Å². The molecule has 0 unspecified atom stereocenters. The molecule has 3 aromatic rings. The summed E-state index contributed by atoms with van der Waals surface area (Å²) in [4.78, 5) is 32.2. The maximum Gasteiger partial charge on any atom is 0.316 e. The van der Waals surface area contributed by atoms with Crippen LogP contribution in [0.25, 0.3) is 10.9 Å². The zero-order valence-corrected chi connectivity index (χ0v) is 20.4. The van der Waals surface area contributed by atoms with E-state index in [9.17, 15) is 4.79 Å². The number of hydrogen-bond acceptors (Lipinski definition) is 10. The second-order valence-corrected chi connectivity index (χ2v) is 8.36. The van der Waals surface area contributed by atoms with Gasteiger partial charge in [-0.15, -0.1) is 0 Å². The third-order valence-corrected chi connectivity index (χ3v) is 6.14. The minimum absolute atomic E-state index is 0.178. The molecule has 1 aromatic carbocycles. The number of ether oxygens (including phenoxy) is 4. The molecule has 2 aliphatic heterocycles. The number of anilines is 1. The highest BCUT2D eigenvalue weighted by atomic mass is 16.5. The molecule has 5 rings (SSSR count). The van der Waals surface area contributed by atoms with Gasteiger partial charge in [0.05, 0.1) is 39.6 Å². The molecule has 0 bridgehead atoms. The molecule has 1 fully saturated rings. The third-order valence-electron chi connectivity index (χ3n) is 6.14. The number of benzene rings is 1. The Kier molecular flexibility index (Phi) is 7.23. The van der Waals surface area contributed by atoms with Crippen molar-refractivity contribution in [3.63, 3.8) is 0 Å². The molecule has 12 nitrogen and oxygen atoms in total. The van der Waals surface area contributed by atoms with Crippen molar-refractivity contribution in [2.24, 2.45) is 4.99 Å². The summed E-state index contributed by atoms with van der Waals surface area (Å²) in [6.07, 6.45) is 3.64. The molecule has 1 N–H and O–H groups in total. The van der Waals surface area contributed by atoms with E-state index in [1.807, 2.05) is 16.7 Å². The van der Waals surface area contributed by atoms with Crippen LogP contribution in [0.3, 0.4) is 0 Å². The summed E-state index contributed by atoms with van der Waals surface area (Å²) in [5, 5.41) is 4.23. The molecule has 1 amide bonds. The quantitative estimate of drug-likeness (QED) is 0.454. The van der Waals surface area contributed by atoms with E-state index in [-0.39, 0.29) is 17.2 Å². The average molecular weight is 496 g/mol. The van der Waals surface area contributed by atoms with Crippen molar-refractivity contribution >= 4 is 22.6 Å². The second kappa shape index (κ2) is 10.9. The summed E-state index contributed by atoms with van der Waals surface area (Å²) >= 11 is 0. The van der Waals surface area contributed by atoms with Gasteiger partial charge < -0.3 is 24.3 Å². The highest BCUT2D eigenvalue weighted by molar-refractivity contribution is 5.96. The highest BCUT2D eigenvalue weighted by Gasteiger charge is 2.21. The predicted octanol–water partition coefficient (Wildman–Crippen LogP) is 1.11. The maximum atomic E-state index is 12.8. The SMILES string of the molecule is COc1ncc(C(=O)N=c2nc3c(OC)c(OCCCN4CCOCC4)ccc3c3n2CCN3)cn1. The molecule has 0 radical (unpaired) electrons.